The van der Waals surface area contributed by atoms with Crippen LogP contribution in [0.5, 0.6) is 0 Å². The van der Waals surface area contributed by atoms with Gasteiger partial charge in [-0.3, -0.25) is 14.6 Å². The van der Waals surface area contributed by atoms with Crippen LogP contribution in [0.1, 0.15) is 59.6 Å². The topological polar surface area (TPSA) is 59.1 Å². The number of rotatable bonds is 5. The monoisotopic (exact) mass is 338 g/mol. The summed E-state index contributed by atoms with van der Waals surface area (Å²) >= 11 is 0. The highest BCUT2D eigenvalue weighted by molar-refractivity contribution is 5.98. The highest BCUT2D eigenvalue weighted by Crippen LogP contribution is 2.23. The first-order chi connectivity index (χ1) is 11.7. The summed E-state index contributed by atoms with van der Waals surface area (Å²) in [6, 6.07) is 9.26. The van der Waals surface area contributed by atoms with Crippen molar-refractivity contribution >= 4 is 17.4 Å². The van der Waals surface area contributed by atoms with Gasteiger partial charge in [0.05, 0.1) is 17.3 Å². The average molecular weight is 338 g/mol. The van der Waals surface area contributed by atoms with Gasteiger partial charge in [-0.25, -0.2) is 0 Å². The third kappa shape index (κ3) is 4.32. The summed E-state index contributed by atoms with van der Waals surface area (Å²) in [5.41, 5.74) is 5.09. The molecule has 1 aromatic heterocycles. The number of benzene rings is 1. The number of hydrogen-bond acceptors (Lipinski definition) is 3. The molecule has 0 saturated heterocycles. The number of anilines is 1. The van der Waals surface area contributed by atoms with Gasteiger partial charge in [0.15, 0.2) is 5.78 Å². The lowest BCUT2D eigenvalue weighted by Gasteiger charge is -2.16. The summed E-state index contributed by atoms with van der Waals surface area (Å²) in [6.45, 7) is 11.4. The van der Waals surface area contributed by atoms with Gasteiger partial charge in [0.2, 0.25) is 5.91 Å². The number of pyridine rings is 1. The van der Waals surface area contributed by atoms with Crippen molar-refractivity contribution in [3.05, 3.63) is 58.4 Å². The fraction of sp³-hybridized carbons (Fsp3) is 0.381. The van der Waals surface area contributed by atoms with Crippen molar-refractivity contribution in [3.8, 4) is 0 Å². The Labute approximate surface area is 149 Å². The zero-order valence-corrected chi connectivity index (χ0v) is 15.8. The van der Waals surface area contributed by atoms with E-state index in [0.717, 1.165) is 28.2 Å². The first-order valence-electron chi connectivity index (χ1n) is 8.60. The third-order valence-electron chi connectivity index (χ3n) is 4.39. The normalized spacial score (nSPS) is 12.1. The van der Waals surface area contributed by atoms with Crippen LogP contribution < -0.4 is 5.32 Å². The molecule has 0 aliphatic carbocycles. The third-order valence-corrected chi connectivity index (χ3v) is 4.39. The lowest BCUT2D eigenvalue weighted by Crippen LogP contribution is -2.20. The summed E-state index contributed by atoms with van der Waals surface area (Å²) in [7, 11) is 0. The summed E-state index contributed by atoms with van der Waals surface area (Å²) in [5.74, 6) is -0.324. The van der Waals surface area contributed by atoms with E-state index in [9.17, 15) is 9.59 Å². The van der Waals surface area contributed by atoms with Crippen LogP contribution in [-0.4, -0.2) is 16.7 Å². The fourth-order valence-electron chi connectivity index (χ4n) is 2.86. The Bertz CT molecular complexity index is 769. The summed E-state index contributed by atoms with van der Waals surface area (Å²) in [6.07, 6.45) is 0. The quantitative estimate of drug-likeness (QED) is 0.811. The van der Waals surface area contributed by atoms with E-state index >= 15 is 0 Å². The van der Waals surface area contributed by atoms with Gasteiger partial charge in [0, 0.05) is 17.2 Å². The molecule has 132 valence electrons. The number of nitrogens with zero attached hydrogens (tertiary/aromatic N) is 1. The number of hydrogen-bond donors (Lipinski definition) is 1. The van der Waals surface area contributed by atoms with Gasteiger partial charge in [-0.15, -0.1) is 0 Å². The number of Topliss-reactive ketones (excluding diaryl/α,β-unsaturated/α-hetero) is 1. The van der Waals surface area contributed by atoms with Crippen LogP contribution in [0.25, 0.3) is 0 Å². The number of ketones is 1. The maximum atomic E-state index is 12.6. The average Bonchev–Trinajstić information content (AvgIpc) is 2.56. The molecule has 0 aliphatic heterocycles. The molecule has 4 heteroatoms. The van der Waals surface area contributed by atoms with E-state index in [1.807, 2.05) is 59.7 Å². The van der Waals surface area contributed by atoms with Gasteiger partial charge < -0.3 is 5.32 Å². The molecule has 0 fully saturated rings. The van der Waals surface area contributed by atoms with Crippen molar-refractivity contribution in [3.63, 3.8) is 0 Å². The predicted molar refractivity (Wildman–Crippen MR) is 101 cm³/mol. The zero-order chi connectivity index (χ0) is 18.7. The minimum absolute atomic E-state index is 0.0356. The van der Waals surface area contributed by atoms with Gasteiger partial charge in [-0.05, 0) is 44.9 Å². The molecule has 1 heterocycles. The lowest BCUT2D eigenvalue weighted by atomic mass is 9.95. The van der Waals surface area contributed by atoms with Crippen LogP contribution in [0.4, 0.5) is 5.69 Å². The van der Waals surface area contributed by atoms with Gasteiger partial charge in [0.1, 0.15) is 0 Å². The van der Waals surface area contributed by atoms with Crippen LogP contribution >= 0.6 is 0 Å². The van der Waals surface area contributed by atoms with Crippen LogP contribution in [0.2, 0.25) is 0 Å². The molecule has 1 aromatic carbocycles. The second-order valence-electron chi connectivity index (χ2n) is 6.89. The lowest BCUT2D eigenvalue weighted by molar-refractivity contribution is -0.117. The summed E-state index contributed by atoms with van der Waals surface area (Å²) in [5, 5.41) is 2.99. The van der Waals surface area contributed by atoms with E-state index in [1.54, 1.807) is 12.1 Å². The Morgan fingerprint density at radius 2 is 1.60 bits per heavy atom. The zero-order valence-electron chi connectivity index (χ0n) is 15.8. The standard InChI is InChI=1S/C21H26N2O2/c1-12(2)20(24)18-9-7-17(8-10-18)15(5)21(25)23-19-13(3)11-14(4)22-16(19)6/h7-12,15H,1-6H3,(H,23,25)/t15-/m0/s1. The summed E-state index contributed by atoms with van der Waals surface area (Å²) < 4.78 is 0. The maximum Gasteiger partial charge on any atom is 0.231 e. The SMILES string of the molecule is Cc1cc(C)c(NC(=O)[C@@H](C)c2ccc(C(=O)C(C)C)cc2)c(C)n1. The molecule has 2 aromatic rings. The Morgan fingerprint density at radius 1 is 1.00 bits per heavy atom. The first kappa shape index (κ1) is 18.8. The Hall–Kier alpha value is -2.49. The molecule has 1 N–H and O–H groups in total. The molecule has 0 radical (unpaired) electrons. The van der Waals surface area contributed by atoms with E-state index in [-0.39, 0.29) is 23.5 Å². The number of aromatic nitrogens is 1. The van der Waals surface area contributed by atoms with E-state index in [1.165, 1.54) is 0 Å². The minimum atomic E-state index is -0.316. The largest absolute Gasteiger partial charge is 0.324 e. The molecular formula is C21H26N2O2. The van der Waals surface area contributed by atoms with Gasteiger partial charge >= 0.3 is 0 Å². The molecular weight excluding hydrogens is 312 g/mol. The maximum absolute atomic E-state index is 12.6. The highest BCUT2D eigenvalue weighted by atomic mass is 16.2. The van der Waals surface area contributed by atoms with E-state index < -0.39 is 0 Å². The van der Waals surface area contributed by atoms with Crippen molar-refractivity contribution in [1.29, 1.82) is 0 Å². The second kappa shape index (κ2) is 7.60. The number of nitrogens with one attached hydrogen (secondary N) is 1. The van der Waals surface area contributed by atoms with E-state index in [4.69, 9.17) is 0 Å². The van der Waals surface area contributed by atoms with Gasteiger partial charge in [-0.2, -0.15) is 0 Å². The van der Waals surface area contributed by atoms with Crippen LogP contribution in [0, 0.1) is 26.7 Å². The van der Waals surface area contributed by atoms with Crippen LogP contribution in [0.15, 0.2) is 30.3 Å². The smallest absolute Gasteiger partial charge is 0.231 e. The molecule has 0 saturated carbocycles. The second-order valence-corrected chi connectivity index (χ2v) is 6.89. The molecule has 0 aliphatic rings. The number of amides is 1. The Balaban J connectivity index is 2.16. The van der Waals surface area contributed by atoms with Gasteiger partial charge in [0.25, 0.3) is 0 Å². The molecule has 0 unspecified atom stereocenters. The van der Waals surface area contributed by atoms with Crippen molar-refractivity contribution in [2.24, 2.45) is 5.92 Å². The molecule has 4 nitrogen and oxygen atoms in total. The van der Waals surface area contributed by atoms with E-state index in [2.05, 4.69) is 10.3 Å². The first-order valence-corrected chi connectivity index (χ1v) is 8.60. The van der Waals surface area contributed by atoms with Crippen molar-refractivity contribution in [2.75, 3.05) is 5.32 Å². The van der Waals surface area contributed by atoms with Crippen molar-refractivity contribution in [1.82, 2.24) is 4.98 Å². The molecule has 25 heavy (non-hydrogen) atoms. The summed E-state index contributed by atoms with van der Waals surface area (Å²) in [4.78, 5) is 29.1. The van der Waals surface area contributed by atoms with Crippen LogP contribution in [-0.2, 0) is 4.79 Å². The molecule has 1 amide bonds. The number of carbonyl (C=O) groups excluding carboxylic acids is 2. The fourth-order valence-corrected chi connectivity index (χ4v) is 2.86. The van der Waals surface area contributed by atoms with E-state index in [0.29, 0.717) is 5.56 Å². The molecule has 2 rings (SSSR count). The van der Waals surface area contributed by atoms with Crippen molar-refractivity contribution < 1.29 is 9.59 Å². The molecule has 1 atom stereocenters. The molecule has 0 spiro atoms. The minimum Gasteiger partial charge on any atom is -0.324 e. The number of carbonyl (C=O) groups is 2. The predicted octanol–water partition coefficient (Wildman–Crippen LogP) is 4.59. The Morgan fingerprint density at radius 3 is 2.12 bits per heavy atom. The highest BCUT2D eigenvalue weighted by Gasteiger charge is 2.18. The van der Waals surface area contributed by atoms with Crippen LogP contribution in [0.3, 0.4) is 0 Å². The number of aryl methyl sites for hydroxylation is 3. The van der Waals surface area contributed by atoms with Gasteiger partial charge in [-0.1, -0.05) is 38.1 Å². The molecule has 0 bridgehead atoms. The van der Waals surface area contributed by atoms with Crippen molar-refractivity contribution in [2.45, 2.75) is 47.5 Å². The Kier molecular flexibility index (Phi) is 5.73.